The van der Waals surface area contributed by atoms with Crippen molar-refractivity contribution in [2.24, 2.45) is 0 Å². The molecule has 2 nitrogen and oxygen atoms in total. The topological polar surface area (TPSA) is 40.5 Å². The highest BCUT2D eigenvalue weighted by molar-refractivity contribution is 5.49. The highest BCUT2D eigenvalue weighted by Crippen LogP contribution is 2.31. The summed E-state index contributed by atoms with van der Waals surface area (Å²) >= 11 is 0. The van der Waals surface area contributed by atoms with E-state index in [-0.39, 0.29) is 0 Å². The van der Waals surface area contributed by atoms with Gasteiger partial charge in [-0.15, -0.1) is 0 Å². The number of aryl methyl sites for hydroxylation is 3. The Hall–Kier alpha value is -3.30. The van der Waals surface area contributed by atoms with E-state index in [0.29, 0.717) is 5.56 Å². The van der Waals surface area contributed by atoms with Crippen LogP contribution in [0.4, 0.5) is 0 Å². The Balaban J connectivity index is 2.10. The number of hydrogen-bond acceptors (Lipinski definition) is 2. The van der Waals surface area contributed by atoms with Crippen LogP contribution >= 0.6 is 0 Å². The van der Waals surface area contributed by atoms with Crippen LogP contribution in [-0.2, 0) is 0 Å². The lowest BCUT2D eigenvalue weighted by Crippen LogP contribution is -2.34. The SMILES string of the molecule is Cc1cc(C)c([C@@H](O)C(O)(C#Cc2ccccc2)C#Cc2ccccc2)c(C)c1. The van der Waals surface area contributed by atoms with E-state index >= 15 is 0 Å². The second-order valence-corrected chi connectivity index (χ2v) is 7.21. The molecule has 0 saturated carbocycles. The molecule has 0 aromatic heterocycles. The molecular formula is C27H24O2. The summed E-state index contributed by atoms with van der Waals surface area (Å²) in [4.78, 5) is 0. The highest BCUT2D eigenvalue weighted by atomic mass is 16.3. The Kier molecular flexibility index (Phi) is 6.20. The molecule has 0 radical (unpaired) electrons. The average Bonchev–Trinajstić information content (AvgIpc) is 2.71. The summed E-state index contributed by atoms with van der Waals surface area (Å²) in [5.74, 6) is 11.6. The zero-order valence-corrected chi connectivity index (χ0v) is 16.9. The van der Waals surface area contributed by atoms with Crippen LogP contribution in [0, 0.1) is 44.5 Å². The molecule has 3 aromatic rings. The van der Waals surface area contributed by atoms with Gasteiger partial charge in [0.15, 0.2) is 0 Å². The smallest absolute Gasteiger partial charge is 0.218 e. The highest BCUT2D eigenvalue weighted by Gasteiger charge is 2.35. The van der Waals surface area contributed by atoms with E-state index in [1.54, 1.807) is 0 Å². The lowest BCUT2D eigenvalue weighted by Gasteiger charge is -2.26. The van der Waals surface area contributed by atoms with Crippen LogP contribution in [0.15, 0.2) is 72.8 Å². The van der Waals surface area contributed by atoms with Gasteiger partial charge in [0.2, 0.25) is 5.60 Å². The minimum Gasteiger partial charge on any atom is -0.383 e. The van der Waals surface area contributed by atoms with Gasteiger partial charge in [0.05, 0.1) is 0 Å². The molecule has 2 N–H and O–H groups in total. The van der Waals surface area contributed by atoms with Crippen molar-refractivity contribution >= 4 is 0 Å². The maximum Gasteiger partial charge on any atom is 0.218 e. The van der Waals surface area contributed by atoms with Gasteiger partial charge < -0.3 is 10.2 Å². The summed E-state index contributed by atoms with van der Waals surface area (Å²) in [6.45, 7) is 5.86. The molecule has 0 heterocycles. The second kappa shape index (κ2) is 8.80. The summed E-state index contributed by atoms with van der Waals surface area (Å²) in [5, 5.41) is 22.6. The summed E-state index contributed by atoms with van der Waals surface area (Å²) in [6, 6.07) is 22.7. The van der Waals surface area contributed by atoms with Gasteiger partial charge in [0, 0.05) is 11.1 Å². The van der Waals surface area contributed by atoms with Crippen LogP contribution in [0.2, 0.25) is 0 Å². The molecule has 0 saturated heterocycles. The van der Waals surface area contributed by atoms with Gasteiger partial charge in [-0.25, -0.2) is 0 Å². The summed E-state index contributed by atoms with van der Waals surface area (Å²) in [5.41, 5.74) is 3.13. The maximum atomic E-state index is 11.4. The third-order valence-electron chi connectivity index (χ3n) is 4.75. The lowest BCUT2D eigenvalue weighted by molar-refractivity contribution is 0.00624. The van der Waals surface area contributed by atoms with Crippen molar-refractivity contribution in [3.05, 3.63) is 106 Å². The molecule has 0 aliphatic rings. The molecule has 3 rings (SSSR count). The van der Waals surface area contributed by atoms with Gasteiger partial charge >= 0.3 is 0 Å². The minimum atomic E-state index is -1.92. The normalized spacial score (nSPS) is 11.6. The molecule has 0 aliphatic carbocycles. The van der Waals surface area contributed by atoms with Crippen molar-refractivity contribution in [1.82, 2.24) is 0 Å². The quantitative estimate of drug-likeness (QED) is 0.644. The minimum absolute atomic E-state index is 0.655. The molecule has 0 aliphatic heterocycles. The molecule has 0 spiro atoms. The van der Waals surface area contributed by atoms with E-state index in [0.717, 1.165) is 27.8 Å². The van der Waals surface area contributed by atoms with Gasteiger partial charge in [0.1, 0.15) is 6.10 Å². The van der Waals surface area contributed by atoms with Crippen molar-refractivity contribution in [2.75, 3.05) is 0 Å². The van der Waals surface area contributed by atoms with Crippen LogP contribution in [0.1, 0.15) is 39.5 Å². The van der Waals surface area contributed by atoms with E-state index in [4.69, 9.17) is 0 Å². The fraction of sp³-hybridized carbons (Fsp3) is 0.185. The summed E-state index contributed by atoms with van der Waals surface area (Å²) in [6.07, 6.45) is -1.27. The van der Waals surface area contributed by atoms with Crippen molar-refractivity contribution in [3.8, 4) is 23.7 Å². The van der Waals surface area contributed by atoms with E-state index in [2.05, 4.69) is 23.7 Å². The summed E-state index contributed by atoms with van der Waals surface area (Å²) in [7, 11) is 0. The Labute approximate surface area is 172 Å². The van der Waals surface area contributed by atoms with Crippen LogP contribution in [0.3, 0.4) is 0 Å². The van der Waals surface area contributed by atoms with E-state index in [1.165, 1.54) is 0 Å². The molecule has 144 valence electrons. The molecule has 1 atom stereocenters. The largest absolute Gasteiger partial charge is 0.383 e. The van der Waals surface area contributed by atoms with E-state index in [9.17, 15) is 10.2 Å². The number of aliphatic hydroxyl groups is 2. The standard InChI is InChI=1S/C27H24O2/c1-20-18-21(2)25(22(3)19-20)26(28)27(29,16-14-23-10-6-4-7-11-23)17-15-24-12-8-5-9-13-24/h4-13,18-19,26,28-29H,1-3H3/t26-/m1/s1. The van der Waals surface area contributed by atoms with Crippen LogP contribution < -0.4 is 0 Å². The van der Waals surface area contributed by atoms with Crippen LogP contribution in [0.25, 0.3) is 0 Å². The number of rotatable bonds is 2. The van der Waals surface area contributed by atoms with Crippen LogP contribution in [0.5, 0.6) is 0 Å². The number of hydrogen-bond donors (Lipinski definition) is 2. The number of aliphatic hydroxyl groups excluding tert-OH is 1. The van der Waals surface area contributed by atoms with Gasteiger partial charge in [-0.2, -0.15) is 0 Å². The fourth-order valence-electron chi connectivity index (χ4n) is 3.38. The van der Waals surface area contributed by atoms with Crippen molar-refractivity contribution in [1.29, 1.82) is 0 Å². The van der Waals surface area contributed by atoms with Gasteiger partial charge in [-0.3, -0.25) is 0 Å². The zero-order chi connectivity index (χ0) is 20.9. The molecule has 0 bridgehead atoms. The first-order chi connectivity index (χ1) is 13.9. The Morgan fingerprint density at radius 2 is 1.14 bits per heavy atom. The first-order valence-electron chi connectivity index (χ1n) is 9.54. The summed E-state index contributed by atoms with van der Waals surface area (Å²) < 4.78 is 0. The number of benzene rings is 3. The van der Waals surface area contributed by atoms with Crippen molar-refractivity contribution in [3.63, 3.8) is 0 Å². The van der Waals surface area contributed by atoms with E-state index < -0.39 is 11.7 Å². The lowest BCUT2D eigenvalue weighted by atomic mass is 9.85. The van der Waals surface area contributed by atoms with Crippen molar-refractivity contribution in [2.45, 2.75) is 32.5 Å². The van der Waals surface area contributed by atoms with Crippen molar-refractivity contribution < 1.29 is 10.2 Å². The zero-order valence-electron chi connectivity index (χ0n) is 16.9. The predicted molar refractivity (Wildman–Crippen MR) is 117 cm³/mol. The predicted octanol–water partition coefficient (Wildman–Crippen LogP) is 4.48. The molecule has 0 fully saturated rings. The average molecular weight is 380 g/mol. The Morgan fingerprint density at radius 3 is 1.55 bits per heavy atom. The molecule has 3 aromatic carbocycles. The molecular weight excluding hydrogens is 356 g/mol. The molecule has 29 heavy (non-hydrogen) atoms. The van der Waals surface area contributed by atoms with Crippen LogP contribution in [-0.4, -0.2) is 15.8 Å². The van der Waals surface area contributed by atoms with E-state index in [1.807, 2.05) is 93.6 Å². The first-order valence-corrected chi connectivity index (χ1v) is 9.54. The third-order valence-corrected chi connectivity index (χ3v) is 4.75. The van der Waals surface area contributed by atoms with Gasteiger partial charge in [-0.05, 0) is 73.6 Å². The first kappa shape index (κ1) is 20.4. The Bertz CT molecular complexity index is 1030. The molecule has 2 heteroatoms. The Morgan fingerprint density at radius 1 is 0.724 bits per heavy atom. The monoisotopic (exact) mass is 380 g/mol. The third kappa shape index (κ3) is 4.95. The molecule has 0 amide bonds. The van der Waals surface area contributed by atoms with Gasteiger partial charge in [-0.1, -0.05) is 65.9 Å². The maximum absolute atomic E-state index is 11.4. The second-order valence-electron chi connectivity index (χ2n) is 7.21. The molecule has 0 unspecified atom stereocenters. The fourth-order valence-corrected chi connectivity index (χ4v) is 3.38. The van der Waals surface area contributed by atoms with Gasteiger partial charge in [0.25, 0.3) is 0 Å².